The predicted molar refractivity (Wildman–Crippen MR) is 65.2 cm³/mol. The van der Waals surface area contributed by atoms with Crippen molar-refractivity contribution in [3.05, 3.63) is 29.8 Å². The summed E-state index contributed by atoms with van der Waals surface area (Å²) in [5.41, 5.74) is 0.843. The smallest absolute Gasteiger partial charge is 0.330 e. The van der Waals surface area contributed by atoms with Crippen LogP contribution in [0.2, 0.25) is 0 Å². The summed E-state index contributed by atoms with van der Waals surface area (Å²) < 4.78 is 15.1. The third-order valence-electron chi connectivity index (χ3n) is 2.10. The topological polar surface area (TPSA) is 44.8 Å². The second-order valence-corrected chi connectivity index (χ2v) is 3.20. The van der Waals surface area contributed by atoms with Gasteiger partial charge in [-0.3, -0.25) is 0 Å². The number of rotatable bonds is 5. The number of carbonyl (C=O) groups excluding carboxylic acids is 1. The maximum atomic E-state index is 10.9. The molecule has 4 nitrogen and oxygen atoms in total. The maximum Gasteiger partial charge on any atom is 0.330 e. The van der Waals surface area contributed by atoms with E-state index in [2.05, 4.69) is 4.74 Å². The standard InChI is InChI=1S/C13H16O4/c1-4-17-11-7-5-10(9-12(11)15-2)6-8-13(14)16-3/h5-9H,4H2,1-3H3/b8-6+. The summed E-state index contributed by atoms with van der Waals surface area (Å²) in [5.74, 6) is 0.932. The summed E-state index contributed by atoms with van der Waals surface area (Å²) in [6.07, 6.45) is 3.01. The van der Waals surface area contributed by atoms with Crippen LogP contribution in [-0.2, 0) is 9.53 Å². The molecule has 0 aliphatic rings. The van der Waals surface area contributed by atoms with Crippen molar-refractivity contribution < 1.29 is 19.0 Å². The lowest BCUT2D eigenvalue weighted by Gasteiger charge is -2.09. The van der Waals surface area contributed by atoms with E-state index in [1.807, 2.05) is 13.0 Å². The normalized spacial score (nSPS) is 10.3. The van der Waals surface area contributed by atoms with Gasteiger partial charge in [0.05, 0.1) is 20.8 Å². The van der Waals surface area contributed by atoms with Crippen molar-refractivity contribution in [1.82, 2.24) is 0 Å². The van der Waals surface area contributed by atoms with Crippen LogP contribution in [0.1, 0.15) is 12.5 Å². The molecule has 0 amide bonds. The van der Waals surface area contributed by atoms with Crippen LogP contribution in [0.3, 0.4) is 0 Å². The van der Waals surface area contributed by atoms with E-state index in [0.29, 0.717) is 18.1 Å². The van der Waals surface area contributed by atoms with Crippen molar-refractivity contribution >= 4 is 12.0 Å². The second kappa shape index (κ2) is 6.58. The van der Waals surface area contributed by atoms with E-state index < -0.39 is 5.97 Å². The molecule has 17 heavy (non-hydrogen) atoms. The largest absolute Gasteiger partial charge is 0.493 e. The molecule has 0 fully saturated rings. The van der Waals surface area contributed by atoms with Crippen molar-refractivity contribution in [2.24, 2.45) is 0 Å². The fraction of sp³-hybridized carbons (Fsp3) is 0.308. The zero-order chi connectivity index (χ0) is 12.7. The van der Waals surface area contributed by atoms with Crippen LogP contribution < -0.4 is 9.47 Å². The van der Waals surface area contributed by atoms with E-state index in [9.17, 15) is 4.79 Å². The highest BCUT2D eigenvalue weighted by molar-refractivity contribution is 5.87. The lowest BCUT2D eigenvalue weighted by molar-refractivity contribution is -0.134. The van der Waals surface area contributed by atoms with Gasteiger partial charge in [0.2, 0.25) is 0 Å². The van der Waals surface area contributed by atoms with E-state index in [-0.39, 0.29) is 0 Å². The fourth-order valence-corrected chi connectivity index (χ4v) is 1.29. The SMILES string of the molecule is CCOc1ccc(/C=C/C(=O)OC)cc1OC. The molecule has 0 bridgehead atoms. The van der Waals surface area contributed by atoms with Crippen molar-refractivity contribution in [2.75, 3.05) is 20.8 Å². The van der Waals surface area contributed by atoms with Crippen molar-refractivity contribution in [3.8, 4) is 11.5 Å². The Hall–Kier alpha value is -1.97. The lowest BCUT2D eigenvalue weighted by atomic mass is 10.2. The number of ether oxygens (including phenoxy) is 3. The van der Waals surface area contributed by atoms with Crippen LogP contribution in [0, 0.1) is 0 Å². The van der Waals surface area contributed by atoms with Gasteiger partial charge in [0.25, 0.3) is 0 Å². The van der Waals surface area contributed by atoms with Gasteiger partial charge >= 0.3 is 5.97 Å². The summed E-state index contributed by atoms with van der Waals surface area (Å²) in [6.45, 7) is 2.48. The molecule has 0 radical (unpaired) electrons. The average Bonchev–Trinajstić information content (AvgIpc) is 2.37. The van der Waals surface area contributed by atoms with Gasteiger partial charge in [-0.1, -0.05) is 6.07 Å². The third-order valence-corrected chi connectivity index (χ3v) is 2.10. The van der Waals surface area contributed by atoms with Gasteiger partial charge in [-0.25, -0.2) is 4.79 Å². The minimum Gasteiger partial charge on any atom is -0.493 e. The number of methoxy groups -OCH3 is 2. The Morgan fingerprint density at radius 3 is 2.65 bits per heavy atom. The maximum absolute atomic E-state index is 10.9. The Balaban J connectivity index is 2.89. The molecule has 0 N–H and O–H groups in total. The van der Waals surface area contributed by atoms with Gasteiger partial charge in [-0.15, -0.1) is 0 Å². The first-order chi connectivity index (χ1) is 8.21. The highest BCUT2D eigenvalue weighted by Gasteiger charge is 2.03. The lowest BCUT2D eigenvalue weighted by Crippen LogP contribution is -1.96. The van der Waals surface area contributed by atoms with Gasteiger partial charge in [0.1, 0.15) is 0 Å². The first-order valence-corrected chi connectivity index (χ1v) is 5.28. The molecule has 1 aromatic carbocycles. The number of benzene rings is 1. The monoisotopic (exact) mass is 236 g/mol. The number of esters is 1. The summed E-state index contributed by atoms with van der Waals surface area (Å²) in [5, 5.41) is 0. The van der Waals surface area contributed by atoms with Crippen LogP contribution in [0.5, 0.6) is 11.5 Å². The Morgan fingerprint density at radius 2 is 2.06 bits per heavy atom. The molecule has 4 heteroatoms. The Morgan fingerprint density at radius 1 is 1.29 bits per heavy atom. The van der Waals surface area contributed by atoms with Gasteiger partial charge in [0.15, 0.2) is 11.5 Å². The predicted octanol–water partition coefficient (Wildman–Crippen LogP) is 2.28. The van der Waals surface area contributed by atoms with E-state index in [1.165, 1.54) is 13.2 Å². The van der Waals surface area contributed by atoms with Crippen LogP contribution in [0.4, 0.5) is 0 Å². The molecule has 0 heterocycles. The highest BCUT2D eigenvalue weighted by atomic mass is 16.5. The molecule has 0 aliphatic carbocycles. The van der Waals surface area contributed by atoms with Crippen LogP contribution in [0.25, 0.3) is 6.08 Å². The van der Waals surface area contributed by atoms with Crippen molar-refractivity contribution in [1.29, 1.82) is 0 Å². The molecular formula is C13H16O4. The molecule has 0 aliphatic heterocycles. The molecule has 0 saturated carbocycles. The molecule has 1 rings (SSSR count). The quantitative estimate of drug-likeness (QED) is 0.581. The van der Waals surface area contributed by atoms with Gasteiger partial charge in [0, 0.05) is 6.08 Å². The first-order valence-electron chi connectivity index (χ1n) is 5.28. The number of carbonyl (C=O) groups is 1. The summed E-state index contributed by atoms with van der Waals surface area (Å²) in [7, 11) is 2.91. The molecule has 0 atom stereocenters. The zero-order valence-electron chi connectivity index (χ0n) is 10.2. The number of hydrogen-bond donors (Lipinski definition) is 0. The zero-order valence-corrected chi connectivity index (χ0v) is 10.2. The summed E-state index contributed by atoms with van der Waals surface area (Å²) in [6, 6.07) is 5.44. The van der Waals surface area contributed by atoms with Crippen LogP contribution in [0.15, 0.2) is 24.3 Å². The summed E-state index contributed by atoms with van der Waals surface area (Å²) in [4.78, 5) is 10.9. The molecule has 1 aromatic rings. The van der Waals surface area contributed by atoms with E-state index in [4.69, 9.17) is 9.47 Å². The van der Waals surface area contributed by atoms with E-state index in [0.717, 1.165) is 5.56 Å². The Labute approximate surface area is 101 Å². The van der Waals surface area contributed by atoms with E-state index >= 15 is 0 Å². The molecule has 92 valence electrons. The van der Waals surface area contributed by atoms with Gasteiger partial charge < -0.3 is 14.2 Å². The van der Waals surface area contributed by atoms with Gasteiger partial charge in [-0.2, -0.15) is 0 Å². The molecule has 0 saturated heterocycles. The minimum absolute atomic E-state index is 0.391. The molecule has 0 spiro atoms. The minimum atomic E-state index is -0.391. The second-order valence-electron chi connectivity index (χ2n) is 3.20. The third kappa shape index (κ3) is 3.83. The van der Waals surface area contributed by atoms with Gasteiger partial charge in [-0.05, 0) is 30.7 Å². The average molecular weight is 236 g/mol. The molecular weight excluding hydrogens is 220 g/mol. The van der Waals surface area contributed by atoms with Crippen LogP contribution >= 0.6 is 0 Å². The Kier molecular flexibility index (Phi) is 5.07. The fourth-order valence-electron chi connectivity index (χ4n) is 1.29. The molecule has 0 aromatic heterocycles. The highest BCUT2D eigenvalue weighted by Crippen LogP contribution is 2.28. The molecule has 0 unspecified atom stereocenters. The van der Waals surface area contributed by atoms with Crippen molar-refractivity contribution in [3.63, 3.8) is 0 Å². The number of hydrogen-bond acceptors (Lipinski definition) is 4. The Bertz CT molecular complexity index is 410. The van der Waals surface area contributed by atoms with Crippen LogP contribution in [-0.4, -0.2) is 26.8 Å². The summed E-state index contributed by atoms with van der Waals surface area (Å²) >= 11 is 0. The van der Waals surface area contributed by atoms with E-state index in [1.54, 1.807) is 25.3 Å². The van der Waals surface area contributed by atoms with Crippen molar-refractivity contribution in [2.45, 2.75) is 6.92 Å². The first kappa shape index (κ1) is 13.1.